The summed E-state index contributed by atoms with van der Waals surface area (Å²) in [6, 6.07) is 10.4. The number of cyclic esters (lactones) is 1. The predicted octanol–water partition coefficient (Wildman–Crippen LogP) is 5.29. The van der Waals surface area contributed by atoms with Crippen molar-refractivity contribution in [3.63, 3.8) is 0 Å². The Balaban J connectivity index is 1.56. The zero-order valence-electron chi connectivity index (χ0n) is 16.3. The summed E-state index contributed by atoms with van der Waals surface area (Å²) >= 11 is 0. The Morgan fingerprint density at radius 2 is 1.96 bits per heavy atom. The molecule has 5 atom stereocenters. The van der Waals surface area contributed by atoms with Gasteiger partial charge in [-0.05, 0) is 55.5 Å². The molecule has 0 radical (unpaired) electrons. The fourth-order valence-electron chi connectivity index (χ4n) is 4.44. The van der Waals surface area contributed by atoms with E-state index < -0.39 is 0 Å². The number of rotatable bonds is 3. The van der Waals surface area contributed by atoms with Crippen LogP contribution in [0.15, 0.2) is 60.3 Å². The largest absolute Gasteiger partial charge is 0.462 e. The summed E-state index contributed by atoms with van der Waals surface area (Å²) in [5.74, 6) is 0.216. The van der Waals surface area contributed by atoms with Gasteiger partial charge in [0.25, 0.3) is 0 Å². The van der Waals surface area contributed by atoms with Crippen LogP contribution in [0.5, 0.6) is 0 Å². The van der Waals surface area contributed by atoms with Gasteiger partial charge in [-0.15, -0.1) is 0 Å². The van der Waals surface area contributed by atoms with Gasteiger partial charge >= 0.3 is 5.97 Å². The van der Waals surface area contributed by atoms with Gasteiger partial charge in [-0.1, -0.05) is 42.8 Å². The first-order valence-electron chi connectivity index (χ1n) is 9.73. The summed E-state index contributed by atoms with van der Waals surface area (Å²) < 4.78 is 18.9. The van der Waals surface area contributed by atoms with Crippen molar-refractivity contribution in [2.45, 2.75) is 26.9 Å². The fourth-order valence-corrected chi connectivity index (χ4v) is 4.44. The summed E-state index contributed by atoms with van der Waals surface area (Å²) in [6.45, 7) is 6.27. The third-order valence-corrected chi connectivity index (χ3v) is 6.15. The number of carbonyl (C=O) groups is 1. The molecule has 4 heteroatoms. The lowest BCUT2D eigenvalue weighted by Crippen LogP contribution is -2.34. The molecule has 1 aromatic carbocycles. The van der Waals surface area contributed by atoms with Gasteiger partial charge in [0.1, 0.15) is 11.9 Å². The molecule has 1 aromatic heterocycles. The zero-order chi connectivity index (χ0) is 19.8. The minimum Gasteiger partial charge on any atom is -0.462 e. The molecule has 3 nitrogen and oxygen atoms in total. The molecular weight excluding hydrogens is 353 g/mol. The van der Waals surface area contributed by atoms with Crippen LogP contribution in [0.2, 0.25) is 0 Å². The molecule has 1 aliphatic heterocycles. The van der Waals surface area contributed by atoms with E-state index in [0.29, 0.717) is 5.92 Å². The first-order chi connectivity index (χ1) is 13.4. The van der Waals surface area contributed by atoms with Crippen molar-refractivity contribution >= 4 is 12.0 Å². The van der Waals surface area contributed by atoms with Crippen molar-refractivity contribution in [3.8, 4) is 11.1 Å². The predicted molar refractivity (Wildman–Crippen MR) is 108 cm³/mol. The average molecular weight is 377 g/mol. The molecule has 2 heterocycles. The van der Waals surface area contributed by atoms with Crippen molar-refractivity contribution in [2.24, 2.45) is 23.7 Å². The van der Waals surface area contributed by atoms with Crippen molar-refractivity contribution in [1.29, 1.82) is 0 Å². The molecule has 4 rings (SSSR count). The van der Waals surface area contributed by atoms with E-state index in [-0.39, 0.29) is 35.6 Å². The van der Waals surface area contributed by atoms with Gasteiger partial charge in [-0.3, -0.25) is 9.78 Å². The number of nitrogens with zero attached hydrogens (tertiary/aromatic N) is 1. The first kappa shape index (κ1) is 18.6. The zero-order valence-corrected chi connectivity index (χ0v) is 16.3. The molecule has 0 amide bonds. The molecule has 2 aromatic rings. The second-order valence-electron chi connectivity index (χ2n) is 7.86. The highest BCUT2D eigenvalue weighted by Gasteiger charge is 2.48. The van der Waals surface area contributed by atoms with Gasteiger partial charge < -0.3 is 4.74 Å². The summed E-state index contributed by atoms with van der Waals surface area (Å²) in [4.78, 5) is 16.7. The standard InChI is InChI=1S/C24H24FNO2/c1-14-11-22-23(16(3)28-24(22)27)21(15(14)2)10-9-20-8-7-18(13-26-20)17-5-4-6-19(25)12-17/h4-13,15-16,21-23H,1-3H3/b10-9+. The van der Waals surface area contributed by atoms with Crippen LogP contribution in [0.3, 0.4) is 0 Å². The molecule has 0 bridgehead atoms. The number of fused-ring (bicyclic) bond motifs is 1. The van der Waals surface area contributed by atoms with Crippen LogP contribution in [0.1, 0.15) is 26.5 Å². The Bertz CT molecular complexity index is 947. The molecule has 5 unspecified atom stereocenters. The highest BCUT2D eigenvalue weighted by molar-refractivity contribution is 5.78. The minimum atomic E-state index is -0.256. The van der Waals surface area contributed by atoms with E-state index in [9.17, 15) is 9.18 Å². The van der Waals surface area contributed by atoms with Gasteiger partial charge in [0.05, 0.1) is 11.6 Å². The highest BCUT2D eigenvalue weighted by Crippen LogP contribution is 2.45. The molecule has 0 N–H and O–H groups in total. The minimum absolute atomic E-state index is 0.0812. The van der Waals surface area contributed by atoms with Crippen LogP contribution in [-0.4, -0.2) is 17.1 Å². The topological polar surface area (TPSA) is 39.2 Å². The number of pyridine rings is 1. The molecule has 2 aliphatic rings. The lowest BCUT2D eigenvalue weighted by atomic mass is 9.67. The first-order valence-corrected chi connectivity index (χ1v) is 9.73. The van der Waals surface area contributed by atoms with Gasteiger partial charge in [-0.2, -0.15) is 0 Å². The number of hydrogen-bond donors (Lipinski definition) is 0. The number of hydrogen-bond acceptors (Lipinski definition) is 3. The lowest BCUT2D eigenvalue weighted by Gasteiger charge is -2.35. The molecular formula is C24H24FNO2. The number of benzene rings is 1. The number of aromatic nitrogens is 1. The van der Waals surface area contributed by atoms with Crippen LogP contribution in [-0.2, 0) is 9.53 Å². The van der Waals surface area contributed by atoms with Crippen molar-refractivity contribution in [3.05, 3.63) is 71.8 Å². The average Bonchev–Trinajstić information content (AvgIpc) is 2.96. The van der Waals surface area contributed by atoms with Crippen LogP contribution in [0.25, 0.3) is 17.2 Å². The Morgan fingerprint density at radius 1 is 1.14 bits per heavy atom. The molecule has 144 valence electrons. The maximum Gasteiger partial charge on any atom is 0.313 e. The Kier molecular flexibility index (Phi) is 4.88. The highest BCUT2D eigenvalue weighted by atomic mass is 19.1. The quantitative estimate of drug-likeness (QED) is 0.539. The van der Waals surface area contributed by atoms with Crippen LogP contribution < -0.4 is 0 Å². The SMILES string of the molecule is CC1=CC2C(=O)OC(C)C2C(/C=C/c2ccc(-c3cccc(F)c3)cn2)C1C. The van der Waals surface area contributed by atoms with Gasteiger partial charge in [0, 0.05) is 17.7 Å². The normalized spacial score (nSPS) is 29.5. The van der Waals surface area contributed by atoms with Crippen molar-refractivity contribution in [2.75, 3.05) is 0 Å². The van der Waals surface area contributed by atoms with Crippen LogP contribution in [0.4, 0.5) is 4.39 Å². The Hall–Kier alpha value is -2.75. The molecule has 0 saturated carbocycles. The number of esters is 1. The van der Waals surface area contributed by atoms with Gasteiger partial charge in [-0.25, -0.2) is 4.39 Å². The number of ether oxygens (including phenoxy) is 1. The summed E-state index contributed by atoms with van der Waals surface area (Å²) in [5, 5.41) is 0. The van der Waals surface area contributed by atoms with E-state index in [0.717, 1.165) is 16.8 Å². The third kappa shape index (κ3) is 3.39. The summed E-state index contributed by atoms with van der Waals surface area (Å²) in [5.41, 5.74) is 3.76. The van der Waals surface area contributed by atoms with E-state index in [1.54, 1.807) is 12.3 Å². The van der Waals surface area contributed by atoms with Crippen molar-refractivity contribution < 1.29 is 13.9 Å². The second kappa shape index (κ2) is 7.34. The van der Waals surface area contributed by atoms with E-state index in [1.807, 2.05) is 31.2 Å². The Labute approximate surface area is 165 Å². The van der Waals surface area contributed by atoms with E-state index >= 15 is 0 Å². The lowest BCUT2D eigenvalue weighted by molar-refractivity contribution is -0.142. The smallest absolute Gasteiger partial charge is 0.313 e. The number of carbonyl (C=O) groups excluding carboxylic acids is 1. The maximum absolute atomic E-state index is 13.4. The van der Waals surface area contributed by atoms with Gasteiger partial charge in [0.15, 0.2) is 0 Å². The van der Waals surface area contributed by atoms with E-state index in [1.165, 1.54) is 17.7 Å². The summed E-state index contributed by atoms with van der Waals surface area (Å²) in [7, 11) is 0. The molecule has 1 fully saturated rings. The third-order valence-electron chi connectivity index (χ3n) is 6.15. The van der Waals surface area contributed by atoms with Crippen LogP contribution >= 0.6 is 0 Å². The summed E-state index contributed by atoms with van der Waals surface area (Å²) in [6.07, 6.45) is 7.94. The van der Waals surface area contributed by atoms with Crippen LogP contribution in [0, 0.1) is 29.5 Å². The molecule has 1 aliphatic carbocycles. The Morgan fingerprint density at radius 3 is 2.68 bits per heavy atom. The molecule has 1 saturated heterocycles. The van der Waals surface area contributed by atoms with E-state index in [4.69, 9.17) is 4.74 Å². The van der Waals surface area contributed by atoms with E-state index in [2.05, 4.69) is 31.0 Å². The molecule has 0 spiro atoms. The molecule has 28 heavy (non-hydrogen) atoms. The number of halogens is 1. The number of allylic oxidation sites excluding steroid dienone is 2. The monoisotopic (exact) mass is 377 g/mol. The fraction of sp³-hybridized carbons (Fsp3) is 0.333. The van der Waals surface area contributed by atoms with Crippen molar-refractivity contribution in [1.82, 2.24) is 4.98 Å². The van der Waals surface area contributed by atoms with Gasteiger partial charge in [0.2, 0.25) is 0 Å². The second-order valence-corrected chi connectivity index (χ2v) is 7.86. The maximum atomic E-state index is 13.4.